The molecule has 0 unspecified atom stereocenters. The zero-order chi connectivity index (χ0) is 14.5. The van der Waals surface area contributed by atoms with Crippen molar-refractivity contribution in [1.82, 2.24) is 0 Å². The van der Waals surface area contributed by atoms with Crippen molar-refractivity contribution in [2.24, 2.45) is 0 Å². The Bertz CT molecular complexity index is 446. The van der Waals surface area contributed by atoms with E-state index in [2.05, 4.69) is 5.32 Å². The molecule has 0 aliphatic heterocycles. The van der Waals surface area contributed by atoms with Crippen LogP contribution in [-0.4, -0.2) is 28.8 Å². The number of nitrogens with one attached hydrogen (secondary N) is 1. The molecule has 106 valence electrons. The lowest BCUT2D eigenvalue weighted by atomic mass is 10.1. The van der Waals surface area contributed by atoms with Gasteiger partial charge >= 0.3 is 0 Å². The van der Waals surface area contributed by atoms with Gasteiger partial charge in [-0.3, -0.25) is 10.1 Å². The number of aliphatic hydroxyl groups excluding tert-OH is 1. The van der Waals surface area contributed by atoms with Crippen LogP contribution in [0.1, 0.15) is 27.2 Å². The van der Waals surface area contributed by atoms with E-state index in [-0.39, 0.29) is 12.3 Å². The molecule has 0 aliphatic carbocycles. The Morgan fingerprint density at radius 1 is 1.42 bits per heavy atom. The summed E-state index contributed by atoms with van der Waals surface area (Å²) in [4.78, 5) is 10.4. The van der Waals surface area contributed by atoms with Gasteiger partial charge in [0.05, 0.1) is 29.7 Å². The number of rotatable bonds is 7. The van der Waals surface area contributed by atoms with E-state index in [0.29, 0.717) is 18.0 Å². The van der Waals surface area contributed by atoms with Crippen LogP contribution >= 0.6 is 0 Å². The number of benzene rings is 1. The van der Waals surface area contributed by atoms with Crippen molar-refractivity contribution in [2.45, 2.75) is 32.7 Å². The van der Waals surface area contributed by atoms with E-state index in [1.165, 1.54) is 12.1 Å². The summed E-state index contributed by atoms with van der Waals surface area (Å²) in [5.41, 5.74) is -0.0405. The number of hydrogen-bond donors (Lipinski definition) is 2. The summed E-state index contributed by atoms with van der Waals surface area (Å²) in [7, 11) is 0. The van der Waals surface area contributed by atoms with Gasteiger partial charge in [0.2, 0.25) is 0 Å². The molecule has 0 spiro atoms. The quantitative estimate of drug-likeness (QED) is 0.586. The first-order valence-corrected chi connectivity index (χ1v) is 6.19. The first-order chi connectivity index (χ1) is 8.88. The number of ether oxygens (including phenoxy) is 1. The van der Waals surface area contributed by atoms with Gasteiger partial charge in [-0.2, -0.15) is 0 Å². The molecule has 19 heavy (non-hydrogen) atoms. The Balaban J connectivity index is 3.02. The zero-order valence-electron chi connectivity index (χ0n) is 11.5. The van der Waals surface area contributed by atoms with Crippen molar-refractivity contribution in [3.63, 3.8) is 0 Å². The third-order valence-corrected chi connectivity index (χ3v) is 2.45. The minimum atomic E-state index is -0.558. The Labute approximate surface area is 112 Å². The highest BCUT2D eigenvalue weighted by Crippen LogP contribution is 2.28. The molecule has 0 aromatic heterocycles. The fourth-order valence-electron chi connectivity index (χ4n) is 1.49. The van der Waals surface area contributed by atoms with Gasteiger partial charge in [0.15, 0.2) is 0 Å². The molecule has 0 fully saturated rings. The molecule has 1 aromatic rings. The highest BCUT2D eigenvalue weighted by molar-refractivity contribution is 5.57. The van der Waals surface area contributed by atoms with Gasteiger partial charge in [-0.25, -0.2) is 0 Å². The molecule has 1 rings (SSSR count). The first kappa shape index (κ1) is 15.2. The Hall–Kier alpha value is -1.82. The number of nitro benzene ring substituents is 1. The average molecular weight is 268 g/mol. The third-order valence-electron chi connectivity index (χ3n) is 2.45. The van der Waals surface area contributed by atoms with E-state index in [9.17, 15) is 15.2 Å². The first-order valence-electron chi connectivity index (χ1n) is 6.19. The monoisotopic (exact) mass is 268 g/mol. The lowest BCUT2D eigenvalue weighted by molar-refractivity contribution is -0.384. The molecular weight excluding hydrogens is 248 g/mol. The van der Waals surface area contributed by atoms with Gasteiger partial charge in [0.25, 0.3) is 5.69 Å². The number of nitrogens with zero attached hydrogens (tertiary/aromatic N) is 1. The third kappa shape index (κ3) is 4.75. The summed E-state index contributed by atoms with van der Waals surface area (Å²) in [5, 5.41) is 23.1. The molecule has 2 N–H and O–H groups in total. The van der Waals surface area contributed by atoms with E-state index in [4.69, 9.17) is 4.74 Å². The fraction of sp³-hybridized carbons (Fsp3) is 0.538. The predicted molar refractivity (Wildman–Crippen MR) is 73.7 cm³/mol. The molecule has 6 nitrogen and oxygen atoms in total. The van der Waals surface area contributed by atoms with Crippen LogP contribution in [0.25, 0.3) is 0 Å². The highest BCUT2D eigenvalue weighted by Gasteiger charge is 2.18. The van der Waals surface area contributed by atoms with Crippen molar-refractivity contribution in [1.29, 1.82) is 0 Å². The Kier molecular flexibility index (Phi) is 5.11. The summed E-state index contributed by atoms with van der Waals surface area (Å²) >= 11 is 0. The van der Waals surface area contributed by atoms with Crippen molar-refractivity contribution < 1.29 is 14.8 Å². The minimum Gasteiger partial charge on any atom is -0.493 e. The van der Waals surface area contributed by atoms with Crippen LogP contribution in [0.2, 0.25) is 0 Å². The van der Waals surface area contributed by atoms with Crippen LogP contribution in [0.5, 0.6) is 5.75 Å². The number of hydrogen-bond acceptors (Lipinski definition) is 5. The summed E-state index contributed by atoms with van der Waals surface area (Å²) in [5.74, 6) is 0.451. The summed E-state index contributed by atoms with van der Waals surface area (Å²) < 4.78 is 5.43. The number of nitro groups is 1. The minimum absolute atomic E-state index is 0.0372. The summed E-state index contributed by atoms with van der Waals surface area (Å²) in [6.07, 6.45) is 0.827. The normalized spacial score (nSPS) is 11.2. The summed E-state index contributed by atoms with van der Waals surface area (Å²) in [6.45, 7) is 5.99. The maximum absolute atomic E-state index is 10.9. The highest BCUT2D eigenvalue weighted by atomic mass is 16.6. The second-order valence-electron chi connectivity index (χ2n) is 4.99. The van der Waals surface area contributed by atoms with E-state index in [0.717, 1.165) is 6.42 Å². The maximum Gasteiger partial charge on any atom is 0.275 e. The van der Waals surface area contributed by atoms with Gasteiger partial charge in [0, 0.05) is 17.8 Å². The molecule has 0 bridgehead atoms. The Morgan fingerprint density at radius 2 is 2.11 bits per heavy atom. The topological polar surface area (TPSA) is 84.6 Å². The molecule has 1 aromatic carbocycles. The molecule has 0 amide bonds. The fourth-order valence-corrected chi connectivity index (χ4v) is 1.49. The van der Waals surface area contributed by atoms with Crippen LogP contribution in [0, 0.1) is 10.1 Å². The largest absolute Gasteiger partial charge is 0.493 e. The van der Waals surface area contributed by atoms with E-state index in [1.54, 1.807) is 19.9 Å². The number of anilines is 1. The lowest BCUT2D eigenvalue weighted by Gasteiger charge is -2.25. The molecule has 0 saturated carbocycles. The second kappa shape index (κ2) is 6.38. The van der Waals surface area contributed by atoms with E-state index >= 15 is 0 Å². The molecular formula is C13H20N2O4. The van der Waals surface area contributed by atoms with E-state index in [1.807, 2.05) is 6.92 Å². The van der Waals surface area contributed by atoms with Crippen LogP contribution in [0.15, 0.2) is 18.2 Å². The van der Waals surface area contributed by atoms with Crippen LogP contribution in [0.4, 0.5) is 11.4 Å². The van der Waals surface area contributed by atoms with Gasteiger partial charge in [-0.15, -0.1) is 0 Å². The second-order valence-corrected chi connectivity index (χ2v) is 4.99. The Morgan fingerprint density at radius 3 is 2.63 bits per heavy atom. The summed E-state index contributed by atoms with van der Waals surface area (Å²) in [6, 6.07) is 4.52. The number of aliphatic hydroxyl groups is 1. The maximum atomic E-state index is 10.9. The molecule has 0 heterocycles. The van der Waals surface area contributed by atoms with E-state index < -0.39 is 10.5 Å². The van der Waals surface area contributed by atoms with Gasteiger partial charge in [0.1, 0.15) is 5.75 Å². The van der Waals surface area contributed by atoms with Crippen molar-refractivity contribution in [3.05, 3.63) is 28.3 Å². The molecule has 0 aliphatic rings. The van der Waals surface area contributed by atoms with Gasteiger partial charge in [-0.05, 0) is 20.3 Å². The van der Waals surface area contributed by atoms with Gasteiger partial charge < -0.3 is 15.2 Å². The standard InChI is InChI=1S/C13H20N2O4/c1-4-5-19-12-7-10(14-13(2,3)9-16)6-11(8-12)15(17)18/h6-8,14,16H,4-5,9H2,1-3H3. The molecule has 0 radical (unpaired) electrons. The molecule has 6 heteroatoms. The van der Waals surface area contributed by atoms with Crippen molar-refractivity contribution in [3.8, 4) is 5.75 Å². The lowest BCUT2D eigenvalue weighted by Crippen LogP contribution is -2.34. The van der Waals surface area contributed by atoms with Crippen molar-refractivity contribution >= 4 is 11.4 Å². The van der Waals surface area contributed by atoms with Crippen LogP contribution < -0.4 is 10.1 Å². The van der Waals surface area contributed by atoms with Crippen LogP contribution in [-0.2, 0) is 0 Å². The number of non-ortho nitro benzene ring substituents is 1. The SMILES string of the molecule is CCCOc1cc(NC(C)(C)CO)cc([N+](=O)[O-])c1. The zero-order valence-corrected chi connectivity index (χ0v) is 11.5. The molecule has 0 atom stereocenters. The smallest absolute Gasteiger partial charge is 0.275 e. The van der Waals surface area contributed by atoms with Gasteiger partial charge in [-0.1, -0.05) is 6.92 Å². The predicted octanol–water partition coefficient (Wildman–Crippen LogP) is 2.57. The average Bonchev–Trinajstić information content (AvgIpc) is 2.35. The van der Waals surface area contributed by atoms with Crippen LogP contribution in [0.3, 0.4) is 0 Å². The van der Waals surface area contributed by atoms with Crippen molar-refractivity contribution in [2.75, 3.05) is 18.5 Å². The molecule has 0 saturated heterocycles.